The predicted molar refractivity (Wildman–Crippen MR) is 61.6 cm³/mol. The highest BCUT2D eigenvalue weighted by Crippen LogP contribution is 2.22. The van der Waals surface area contributed by atoms with Gasteiger partial charge in [0, 0.05) is 12.3 Å². The first kappa shape index (κ1) is 10.2. The van der Waals surface area contributed by atoms with E-state index in [1.807, 2.05) is 0 Å². The summed E-state index contributed by atoms with van der Waals surface area (Å²) in [6, 6.07) is 3.14. The summed E-state index contributed by atoms with van der Waals surface area (Å²) in [5, 5.41) is 0.325. The summed E-state index contributed by atoms with van der Waals surface area (Å²) < 4.78 is 14.8. The van der Waals surface area contributed by atoms with Crippen LogP contribution in [-0.4, -0.2) is 19.5 Å². The van der Waals surface area contributed by atoms with Crippen molar-refractivity contribution in [1.82, 2.24) is 19.5 Å². The highest BCUT2D eigenvalue weighted by atomic mass is 35.5. The number of halogens is 2. The third-order valence-corrected chi connectivity index (χ3v) is 2.67. The third kappa shape index (κ3) is 1.64. The molecule has 0 radical (unpaired) electrons. The molecule has 0 aliphatic carbocycles. The molecule has 84 valence electrons. The summed E-state index contributed by atoms with van der Waals surface area (Å²) in [6.07, 6.45) is 5.85. The van der Waals surface area contributed by atoms with Gasteiger partial charge in [-0.05, 0) is 6.07 Å². The number of hydrogen-bond acceptors (Lipinski definition) is 3. The van der Waals surface area contributed by atoms with Crippen molar-refractivity contribution in [2.45, 2.75) is 0 Å². The lowest BCUT2D eigenvalue weighted by Crippen LogP contribution is -1.94. The van der Waals surface area contributed by atoms with Crippen molar-refractivity contribution in [3.05, 3.63) is 48.0 Å². The molecule has 0 atom stereocenters. The van der Waals surface area contributed by atoms with E-state index in [4.69, 9.17) is 11.6 Å². The molecule has 0 unspecified atom stereocenters. The van der Waals surface area contributed by atoms with Crippen LogP contribution in [0.4, 0.5) is 4.39 Å². The van der Waals surface area contributed by atoms with Crippen LogP contribution in [0.2, 0.25) is 5.15 Å². The Morgan fingerprint density at radius 3 is 2.94 bits per heavy atom. The van der Waals surface area contributed by atoms with Gasteiger partial charge in [-0.1, -0.05) is 11.6 Å². The molecule has 0 bridgehead atoms. The van der Waals surface area contributed by atoms with Crippen LogP contribution in [0.5, 0.6) is 0 Å². The van der Waals surface area contributed by atoms with Crippen LogP contribution in [0.1, 0.15) is 0 Å². The smallest absolute Gasteiger partial charge is 0.156 e. The maximum atomic E-state index is 13.1. The van der Waals surface area contributed by atoms with Crippen LogP contribution >= 0.6 is 11.6 Å². The van der Waals surface area contributed by atoms with Gasteiger partial charge in [-0.3, -0.25) is 9.55 Å². The first-order chi connectivity index (χ1) is 8.25. The van der Waals surface area contributed by atoms with Gasteiger partial charge in [-0.2, -0.15) is 0 Å². The van der Waals surface area contributed by atoms with Crippen LogP contribution in [0.15, 0.2) is 37.1 Å². The summed E-state index contributed by atoms with van der Waals surface area (Å²) >= 11 is 5.91. The van der Waals surface area contributed by atoms with E-state index in [0.717, 1.165) is 11.7 Å². The Labute approximate surface area is 101 Å². The Kier molecular flexibility index (Phi) is 2.26. The summed E-state index contributed by atoms with van der Waals surface area (Å²) in [5.74, 6) is -0.399. The van der Waals surface area contributed by atoms with Gasteiger partial charge in [0.1, 0.15) is 17.7 Å². The average Bonchev–Trinajstić information content (AvgIpc) is 2.74. The van der Waals surface area contributed by atoms with E-state index in [-0.39, 0.29) is 0 Å². The molecule has 0 N–H and O–H groups in total. The molecule has 6 heteroatoms. The lowest BCUT2D eigenvalue weighted by molar-refractivity contribution is 0.620. The highest BCUT2D eigenvalue weighted by Gasteiger charge is 2.08. The van der Waals surface area contributed by atoms with Crippen LogP contribution in [-0.2, 0) is 0 Å². The quantitative estimate of drug-likeness (QED) is 0.622. The number of pyridine rings is 2. The average molecular weight is 249 g/mol. The van der Waals surface area contributed by atoms with Gasteiger partial charge in [-0.15, -0.1) is 0 Å². The number of hydrogen-bond donors (Lipinski definition) is 0. The number of aromatic nitrogens is 4. The van der Waals surface area contributed by atoms with Crippen molar-refractivity contribution >= 4 is 22.6 Å². The van der Waals surface area contributed by atoms with E-state index in [2.05, 4.69) is 15.0 Å². The minimum atomic E-state index is -0.399. The predicted octanol–water partition coefficient (Wildman–Crippen LogP) is 2.61. The van der Waals surface area contributed by atoms with Crippen molar-refractivity contribution < 1.29 is 4.39 Å². The Bertz CT molecular complexity index is 695. The molecular formula is C11H6ClFN4. The summed E-state index contributed by atoms with van der Waals surface area (Å²) in [7, 11) is 0. The molecule has 0 aromatic carbocycles. The van der Waals surface area contributed by atoms with Crippen molar-refractivity contribution in [3.63, 3.8) is 0 Å². The molecule has 0 spiro atoms. The molecule has 0 aliphatic rings. The SMILES string of the molecule is Fc1cncc(-n2cnc3c(Cl)nccc32)c1. The molecule has 4 nitrogen and oxygen atoms in total. The fourth-order valence-corrected chi connectivity index (χ4v) is 1.85. The minimum Gasteiger partial charge on any atom is -0.297 e. The van der Waals surface area contributed by atoms with Crippen molar-refractivity contribution in [1.29, 1.82) is 0 Å². The molecule has 17 heavy (non-hydrogen) atoms. The lowest BCUT2D eigenvalue weighted by atomic mass is 10.3. The molecule has 0 saturated heterocycles. The second kappa shape index (κ2) is 3.78. The topological polar surface area (TPSA) is 43.6 Å². The first-order valence-electron chi connectivity index (χ1n) is 4.84. The molecule has 0 aliphatic heterocycles. The van der Waals surface area contributed by atoms with Gasteiger partial charge in [0.15, 0.2) is 5.15 Å². The zero-order chi connectivity index (χ0) is 11.8. The maximum Gasteiger partial charge on any atom is 0.156 e. The van der Waals surface area contributed by atoms with Gasteiger partial charge < -0.3 is 0 Å². The molecule has 0 saturated carbocycles. The Morgan fingerprint density at radius 2 is 2.12 bits per heavy atom. The first-order valence-corrected chi connectivity index (χ1v) is 5.22. The minimum absolute atomic E-state index is 0.325. The summed E-state index contributed by atoms with van der Waals surface area (Å²) in [6.45, 7) is 0. The number of fused-ring (bicyclic) bond motifs is 1. The van der Waals surface area contributed by atoms with Gasteiger partial charge >= 0.3 is 0 Å². The van der Waals surface area contributed by atoms with Crippen molar-refractivity contribution in [2.75, 3.05) is 0 Å². The fraction of sp³-hybridized carbons (Fsp3) is 0. The number of rotatable bonds is 1. The third-order valence-electron chi connectivity index (χ3n) is 2.39. The Hall–Kier alpha value is -2.01. The van der Waals surface area contributed by atoms with E-state index >= 15 is 0 Å². The molecule has 0 amide bonds. The van der Waals surface area contributed by atoms with E-state index in [1.165, 1.54) is 6.07 Å². The fourth-order valence-electron chi connectivity index (χ4n) is 1.65. The Balaban J connectivity index is 2.28. The van der Waals surface area contributed by atoms with Gasteiger partial charge in [0.2, 0.25) is 0 Å². The molecular weight excluding hydrogens is 243 g/mol. The van der Waals surface area contributed by atoms with E-state index < -0.39 is 5.82 Å². The monoisotopic (exact) mass is 248 g/mol. The second-order valence-corrected chi connectivity index (χ2v) is 3.80. The van der Waals surface area contributed by atoms with Gasteiger partial charge in [0.05, 0.1) is 23.6 Å². The van der Waals surface area contributed by atoms with E-state index in [9.17, 15) is 4.39 Å². The van der Waals surface area contributed by atoms with Crippen LogP contribution in [0, 0.1) is 5.82 Å². The van der Waals surface area contributed by atoms with E-state index in [0.29, 0.717) is 16.4 Å². The van der Waals surface area contributed by atoms with E-state index in [1.54, 1.807) is 29.4 Å². The van der Waals surface area contributed by atoms with Crippen LogP contribution in [0.3, 0.4) is 0 Å². The molecule has 3 rings (SSSR count). The molecule has 3 aromatic heterocycles. The Morgan fingerprint density at radius 1 is 1.24 bits per heavy atom. The lowest BCUT2D eigenvalue weighted by Gasteiger charge is -2.03. The second-order valence-electron chi connectivity index (χ2n) is 3.45. The molecule has 3 aromatic rings. The zero-order valence-corrected chi connectivity index (χ0v) is 9.26. The van der Waals surface area contributed by atoms with Crippen molar-refractivity contribution in [2.24, 2.45) is 0 Å². The van der Waals surface area contributed by atoms with Gasteiger partial charge in [0.25, 0.3) is 0 Å². The highest BCUT2D eigenvalue weighted by molar-refractivity contribution is 6.33. The molecule has 0 fully saturated rings. The van der Waals surface area contributed by atoms with Crippen LogP contribution < -0.4 is 0 Å². The standard InChI is InChI=1S/C11H6ClFN4/c12-11-10-9(1-2-15-11)17(6-16-10)8-3-7(13)4-14-5-8/h1-6H. The normalized spacial score (nSPS) is 10.9. The molecule has 3 heterocycles. The summed E-state index contributed by atoms with van der Waals surface area (Å²) in [5.41, 5.74) is 1.94. The van der Waals surface area contributed by atoms with Crippen molar-refractivity contribution in [3.8, 4) is 5.69 Å². The zero-order valence-electron chi connectivity index (χ0n) is 8.51. The number of imidazole rings is 1. The van der Waals surface area contributed by atoms with Crippen LogP contribution in [0.25, 0.3) is 16.7 Å². The van der Waals surface area contributed by atoms with Gasteiger partial charge in [-0.25, -0.2) is 14.4 Å². The largest absolute Gasteiger partial charge is 0.297 e. The maximum absolute atomic E-state index is 13.1. The number of nitrogens with zero attached hydrogens (tertiary/aromatic N) is 4. The summed E-state index contributed by atoms with van der Waals surface area (Å²) in [4.78, 5) is 11.9.